The second kappa shape index (κ2) is 5.67. The molecule has 0 bridgehead atoms. The van der Waals surface area contributed by atoms with Crippen LogP contribution in [-0.2, 0) is 11.3 Å². The highest BCUT2D eigenvalue weighted by Gasteiger charge is 2.08. The quantitative estimate of drug-likeness (QED) is 0.745. The average molecular weight is 228 g/mol. The Bertz CT molecular complexity index is 356. The van der Waals surface area contributed by atoms with Gasteiger partial charge in [-0.2, -0.15) is 0 Å². The van der Waals surface area contributed by atoms with Crippen LogP contribution in [0.1, 0.15) is 12.5 Å². The Morgan fingerprint density at radius 2 is 2.12 bits per heavy atom. The number of nitrogen functional groups attached to an aromatic ring is 1. The van der Waals surface area contributed by atoms with E-state index in [2.05, 4.69) is 0 Å². The molecule has 1 rings (SSSR count). The molecule has 1 aromatic carbocycles. The van der Waals surface area contributed by atoms with E-state index < -0.39 is 5.82 Å². The standard InChI is InChI=1S/C11H17FN2O2/c1-7(13)5-16-6-8-3-10(14)11(15-2)4-9(8)12/h3-4,7H,5-6,13-14H2,1-2H3/t7-/m1/s1. The fourth-order valence-corrected chi connectivity index (χ4v) is 1.26. The Balaban J connectivity index is 2.70. The Hall–Kier alpha value is -1.33. The molecule has 4 nitrogen and oxygen atoms in total. The summed E-state index contributed by atoms with van der Waals surface area (Å²) >= 11 is 0. The normalized spacial score (nSPS) is 12.5. The van der Waals surface area contributed by atoms with Gasteiger partial charge in [-0.15, -0.1) is 0 Å². The third-order valence-electron chi connectivity index (χ3n) is 2.04. The number of benzene rings is 1. The molecule has 0 aliphatic heterocycles. The lowest BCUT2D eigenvalue weighted by Gasteiger charge is -2.10. The number of ether oxygens (including phenoxy) is 2. The Labute approximate surface area is 94.3 Å². The van der Waals surface area contributed by atoms with Crippen LogP contribution in [0.3, 0.4) is 0 Å². The van der Waals surface area contributed by atoms with Crippen molar-refractivity contribution in [1.82, 2.24) is 0 Å². The second-order valence-corrected chi connectivity index (χ2v) is 3.68. The zero-order chi connectivity index (χ0) is 12.1. The molecule has 0 aromatic heterocycles. The molecular weight excluding hydrogens is 211 g/mol. The summed E-state index contributed by atoms with van der Waals surface area (Å²) in [5.41, 5.74) is 12.0. The van der Waals surface area contributed by atoms with Gasteiger partial charge in [0.25, 0.3) is 0 Å². The van der Waals surface area contributed by atoms with Crippen LogP contribution in [0, 0.1) is 5.82 Å². The van der Waals surface area contributed by atoms with Crippen LogP contribution in [-0.4, -0.2) is 19.8 Å². The molecule has 16 heavy (non-hydrogen) atoms. The predicted molar refractivity (Wildman–Crippen MR) is 60.7 cm³/mol. The highest BCUT2D eigenvalue weighted by atomic mass is 19.1. The van der Waals surface area contributed by atoms with Gasteiger partial charge in [-0.25, -0.2) is 4.39 Å². The van der Waals surface area contributed by atoms with Crippen LogP contribution in [0.25, 0.3) is 0 Å². The molecule has 0 aliphatic carbocycles. The molecule has 0 heterocycles. The molecule has 0 amide bonds. The van der Waals surface area contributed by atoms with Crippen LogP contribution in [0.5, 0.6) is 5.75 Å². The highest BCUT2D eigenvalue weighted by molar-refractivity contribution is 5.54. The maximum absolute atomic E-state index is 13.5. The van der Waals surface area contributed by atoms with Crippen molar-refractivity contribution in [3.05, 3.63) is 23.5 Å². The van der Waals surface area contributed by atoms with Crippen molar-refractivity contribution in [3.8, 4) is 5.75 Å². The molecule has 5 heteroatoms. The maximum atomic E-state index is 13.5. The molecule has 0 aliphatic rings. The van der Waals surface area contributed by atoms with Crippen molar-refractivity contribution in [2.24, 2.45) is 5.73 Å². The number of rotatable bonds is 5. The molecule has 90 valence electrons. The zero-order valence-corrected chi connectivity index (χ0v) is 9.50. The summed E-state index contributed by atoms with van der Waals surface area (Å²) in [5, 5.41) is 0. The number of hydrogen-bond acceptors (Lipinski definition) is 4. The molecular formula is C11H17FN2O2. The van der Waals surface area contributed by atoms with Crippen LogP contribution < -0.4 is 16.2 Å². The van der Waals surface area contributed by atoms with Gasteiger partial charge < -0.3 is 20.9 Å². The van der Waals surface area contributed by atoms with Gasteiger partial charge in [-0.3, -0.25) is 0 Å². The van der Waals surface area contributed by atoms with Gasteiger partial charge in [-0.1, -0.05) is 0 Å². The Morgan fingerprint density at radius 1 is 1.44 bits per heavy atom. The third-order valence-corrected chi connectivity index (χ3v) is 2.04. The fourth-order valence-electron chi connectivity index (χ4n) is 1.26. The van der Waals surface area contributed by atoms with E-state index in [0.29, 0.717) is 23.6 Å². The molecule has 0 radical (unpaired) electrons. The average Bonchev–Trinajstić information content (AvgIpc) is 2.22. The summed E-state index contributed by atoms with van der Waals surface area (Å²) in [5.74, 6) is -0.0656. The Morgan fingerprint density at radius 3 is 2.69 bits per heavy atom. The molecule has 1 atom stereocenters. The molecule has 0 unspecified atom stereocenters. The van der Waals surface area contributed by atoms with E-state index in [9.17, 15) is 4.39 Å². The first-order valence-electron chi connectivity index (χ1n) is 4.99. The van der Waals surface area contributed by atoms with Crippen molar-refractivity contribution in [2.45, 2.75) is 19.6 Å². The van der Waals surface area contributed by atoms with Crippen LogP contribution in [0.15, 0.2) is 12.1 Å². The van der Waals surface area contributed by atoms with E-state index in [0.717, 1.165) is 0 Å². The van der Waals surface area contributed by atoms with Gasteiger partial charge in [0.05, 0.1) is 26.0 Å². The van der Waals surface area contributed by atoms with Crippen molar-refractivity contribution in [1.29, 1.82) is 0 Å². The van der Waals surface area contributed by atoms with E-state index in [-0.39, 0.29) is 12.6 Å². The second-order valence-electron chi connectivity index (χ2n) is 3.68. The first kappa shape index (κ1) is 12.7. The van der Waals surface area contributed by atoms with E-state index in [1.165, 1.54) is 19.2 Å². The third kappa shape index (κ3) is 3.36. The summed E-state index contributed by atoms with van der Waals surface area (Å²) in [7, 11) is 1.44. The number of halogens is 1. The van der Waals surface area contributed by atoms with Gasteiger partial charge in [0.15, 0.2) is 0 Å². The van der Waals surface area contributed by atoms with E-state index in [4.69, 9.17) is 20.9 Å². The lowest BCUT2D eigenvalue weighted by Crippen LogP contribution is -2.21. The van der Waals surface area contributed by atoms with Crippen LogP contribution >= 0.6 is 0 Å². The van der Waals surface area contributed by atoms with E-state index >= 15 is 0 Å². The zero-order valence-electron chi connectivity index (χ0n) is 9.50. The van der Waals surface area contributed by atoms with Gasteiger partial charge in [0, 0.05) is 17.7 Å². The largest absolute Gasteiger partial charge is 0.494 e. The number of anilines is 1. The van der Waals surface area contributed by atoms with Crippen molar-refractivity contribution < 1.29 is 13.9 Å². The molecule has 0 spiro atoms. The smallest absolute Gasteiger partial charge is 0.144 e. The van der Waals surface area contributed by atoms with Crippen molar-refractivity contribution in [3.63, 3.8) is 0 Å². The van der Waals surface area contributed by atoms with Gasteiger partial charge in [0.2, 0.25) is 0 Å². The fraction of sp³-hybridized carbons (Fsp3) is 0.455. The summed E-state index contributed by atoms with van der Waals surface area (Å²) in [6, 6.07) is 2.69. The lowest BCUT2D eigenvalue weighted by molar-refractivity contribution is 0.109. The summed E-state index contributed by atoms with van der Waals surface area (Å²) in [6.45, 7) is 2.35. The minimum absolute atomic E-state index is 0.0707. The molecule has 0 saturated carbocycles. The number of hydrogen-bond donors (Lipinski definition) is 2. The number of nitrogens with two attached hydrogens (primary N) is 2. The van der Waals surface area contributed by atoms with Crippen molar-refractivity contribution >= 4 is 5.69 Å². The summed E-state index contributed by atoms with van der Waals surface area (Å²) in [4.78, 5) is 0. The van der Waals surface area contributed by atoms with E-state index in [1.54, 1.807) is 0 Å². The maximum Gasteiger partial charge on any atom is 0.144 e. The Kier molecular flexibility index (Phi) is 4.52. The van der Waals surface area contributed by atoms with Crippen LogP contribution in [0.2, 0.25) is 0 Å². The molecule has 0 saturated heterocycles. The topological polar surface area (TPSA) is 70.5 Å². The monoisotopic (exact) mass is 228 g/mol. The minimum Gasteiger partial charge on any atom is -0.494 e. The SMILES string of the molecule is COc1cc(F)c(COC[C@@H](C)N)cc1N. The lowest BCUT2D eigenvalue weighted by atomic mass is 10.2. The molecule has 4 N–H and O–H groups in total. The van der Waals surface area contributed by atoms with Gasteiger partial charge in [-0.05, 0) is 13.0 Å². The van der Waals surface area contributed by atoms with Crippen LogP contribution in [0.4, 0.5) is 10.1 Å². The summed E-state index contributed by atoms with van der Waals surface area (Å²) in [6.07, 6.45) is 0. The first-order valence-corrected chi connectivity index (χ1v) is 4.99. The van der Waals surface area contributed by atoms with Gasteiger partial charge >= 0.3 is 0 Å². The molecule has 0 fully saturated rings. The minimum atomic E-state index is -0.393. The number of methoxy groups -OCH3 is 1. The summed E-state index contributed by atoms with van der Waals surface area (Å²) < 4.78 is 23.6. The van der Waals surface area contributed by atoms with Crippen molar-refractivity contribution in [2.75, 3.05) is 19.5 Å². The molecule has 1 aromatic rings. The van der Waals surface area contributed by atoms with Gasteiger partial charge in [0.1, 0.15) is 11.6 Å². The first-order chi connectivity index (χ1) is 7.54. The highest BCUT2D eigenvalue weighted by Crippen LogP contribution is 2.25. The predicted octanol–water partition coefficient (Wildman–Crippen LogP) is 1.28. The van der Waals surface area contributed by atoms with E-state index in [1.807, 2.05) is 6.92 Å².